The van der Waals surface area contributed by atoms with Crippen molar-refractivity contribution < 1.29 is 14.5 Å². The number of benzene rings is 1. The molecule has 0 unspecified atom stereocenters. The zero-order valence-electron chi connectivity index (χ0n) is 12.6. The number of nitrogens with zero attached hydrogens (tertiary/aromatic N) is 1. The first-order valence-electron chi connectivity index (χ1n) is 7.20. The molecule has 1 aromatic carbocycles. The monoisotopic (exact) mass is 370 g/mol. The van der Waals surface area contributed by atoms with Gasteiger partial charge in [0, 0.05) is 12.0 Å². The van der Waals surface area contributed by atoms with Gasteiger partial charge in [-0.3, -0.25) is 10.1 Å². The molecule has 0 aliphatic carbocycles. The highest BCUT2D eigenvalue weighted by Crippen LogP contribution is 2.33. The van der Waals surface area contributed by atoms with Gasteiger partial charge in [-0.2, -0.15) is 0 Å². The molecule has 7 heteroatoms. The minimum Gasteiger partial charge on any atom is -0.456 e. The van der Waals surface area contributed by atoms with Gasteiger partial charge in [-0.15, -0.1) is 0 Å². The highest BCUT2D eigenvalue weighted by atomic mass is 79.9. The van der Waals surface area contributed by atoms with Crippen LogP contribution in [0.3, 0.4) is 0 Å². The van der Waals surface area contributed by atoms with Gasteiger partial charge in [-0.05, 0) is 61.8 Å². The molecule has 1 heterocycles. The predicted octanol–water partition coefficient (Wildman–Crippen LogP) is 3.29. The Balaban J connectivity index is 2.18. The van der Waals surface area contributed by atoms with Crippen molar-refractivity contribution in [3.63, 3.8) is 0 Å². The average molecular weight is 371 g/mol. The van der Waals surface area contributed by atoms with Crippen LogP contribution in [0, 0.1) is 16.0 Å². The van der Waals surface area contributed by atoms with Crippen LogP contribution in [0.4, 0.5) is 5.69 Å². The molecule has 0 atom stereocenters. The summed E-state index contributed by atoms with van der Waals surface area (Å²) >= 11 is 3.13. The molecule has 0 amide bonds. The van der Waals surface area contributed by atoms with E-state index in [9.17, 15) is 14.9 Å². The molecule has 0 spiro atoms. The Morgan fingerprint density at radius 2 is 2.05 bits per heavy atom. The van der Waals surface area contributed by atoms with Crippen molar-refractivity contribution in [1.29, 1.82) is 0 Å². The maximum Gasteiger partial charge on any atom is 0.340 e. The summed E-state index contributed by atoms with van der Waals surface area (Å²) in [5.74, 6) is -0.269. The second kappa shape index (κ2) is 6.75. The first-order valence-corrected chi connectivity index (χ1v) is 7.99. The Hall–Kier alpha value is -1.47. The molecule has 0 aromatic heterocycles. The standard InChI is InChI=1S/C15H19BrN2O4/c1-15(2,10-6-8-17-9-7-10)22-14(19)11-4-3-5-12(13(11)16)18(20)21/h3-5,10,17H,6-9H2,1-2H3. The minimum atomic E-state index is -0.608. The van der Waals surface area contributed by atoms with Crippen molar-refractivity contribution in [2.24, 2.45) is 5.92 Å². The van der Waals surface area contributed by atoms with Gasteiger partial charge in [0.1, 0.15) is 10.1 Å². The van der Waals surface area contributed by atoms with E-state index in [0.717, 1.165) is 25.9 Å². The molecule has 0 saturated carbocycles. The van der Waals surface area contributed by atoms with Gasteiger partial charge in [-0.25, -0.2) is 4.79 Å². The van der Waals surface area contributed by atoms with E-state index in [1.54, 1.807) is 0 Å². The van der Waals surface area contributed by atoms with E-state index < -0.39 is 16.5 Å². The third-order valence-electron chi connectivity index (χ3n) is 4.07. The second-order valence-electron chi connectivity index (χ2n) is 5.91. The zero-order valence-corrected chi connectivity index (χ0v) is 14.2. The van der Waals surface area contributed by atoms with Crippen LogP contribution in [-0.4, -0.2) is 29.6 Å². The van der Waals surface area contributed by atoms with Crippen molar-refractivity contribution in [3.8, 4) is 0 Å². The molecular weight excluding hydrogens is 352 g/mol. The lowest BCUT2D eigenvalue weighted by atomic mass is 9.83. The van der Waals surface area contributed by atoms with Gasteiger partial charge in [0.2, 0.25) is 0 Å². The smallest absolute Gasteiger partial charge is 0.340 e. The summed E-state index contributed by atoms with van der Waals surface area (Å²) < 4.78 is 5.82. The molecule has 1 fully saturated rings. The summed E-state index contributed by atoms with van der Waals surface area (Å²) in [6, 6.07) is 4.35. The highest BCUT2D eigenvalue weighted by Gasteiger charge is 2.35. The van der Waals surface area contributed by atoms with E-state index in [1.165, 1.54) is 18.2 Å². The van der Waals surface area contributed by atoms with Gasteiger partial charge in [0.25, 0.3) is 5.69 Å². The second-order valence-corrected chi connectivity index (χ2v) is 6.71. The van der Waals surface area contributed by atoms with Crippen LogP contribution in [0.15, 0.2) is 22.7 Å². The fourth-order valence-electron chi connectivity index (χ4n) is 2.71. The van der Waals surface area contributed by atoms with Gasteiger partial charge in [0.05, 0.1) is 10.5 Å². The van der Waals surface area contributed by atoms with E-state index >= 15 is 0 Å². The Morgan fingerprint density at radius 1 is 1.41 bits per heavy atom. The quantitative estimate of drug-likeness (QED) is 0.499. The number of rotatable bonds is 4. The molecule has 0 radical (unpaired) electrons. The van der Waals surface area contributed by atoms with Crippen molar-refractivity contribution >= 4 is 27.6 Å². The topological polar surface area (TPSA) is 81.5 Å². The number of piperidine rings is 1. The molecule has 1 aromatic rings. The van der Waals surface area contributed by atoms with Crippen LogP contribution in [0.2, 0.25) is 0 Å². The van der Waals surface area contributed by atoms with E-state index in [1.807, 2.05) is 13.8 Å². The maximum atomic E-state index is 12.4. The third-order valence-corrected chi connectivity index (χ3v) is 4.91. The molecule has 1 N–H and O–H groups in total. The van der Waals surface area contributed by atoms with Crippen molar-refractivity contribution in [3.05, 3.63) is 38.3 Å². The molecule has 2 rings (SSSR count). The normalized spacial score (nSPS) is 16.3. The molecule has 1 aliphatic rings. The van der Waals surface area contributed by atoms with Gasteiger partial charge >= 0.3 is 5.97 Å². The van der Waals surface area contributed by atoms with Crippen LogP contribution < -0.4 is 5.32 Å². The highest BCUT2D eigenvalue weighted by molar-refractivity contribution is 9.10. The number of hydrogen-bond acceptors (Lipinski definition) is 5. The summed E-state index contributed by atoms with van der Waals surface area (Å²) in [6.45, 7) is 5.61. The minimum absolute atomic E-state index is 0.144. The average Bonchev–Trinajstić information content (AvgIpc) is 2.47. The Labute approximate surface area is 137 Å². The number of nitro benzene ring substituents is 1. The molecule has 6 nitrogen and oxygen atoms in total. The largest absolute Gasteiger partial charge is 0.456 e. The summed E-state index contributed by atoms with van der Waals surface area (Å²) in [5.41, 5.74) is -0.575. The van der Waals surface area contributed by atoms with Gasteiger partial charge in [0.15, 0.2) is 0 Å². The number of nitrogens with one attached hydrogen (secondary N) is 1. The van der Waals surface area contributed by atoms with Crippen LogP contribution in [-0.2, 0) is 4.74 Å². The van der Waals surface area contributed by atoms with Crippen LogP contribution in [0.5, 0.6) is 0 Å². The molecule has 1 aliphatic heterocycles. The number of esters is 1. The zero-order chi connectivity index (χ0) is 16.3. The predicted molar refractivity (Wildman–Crippen MR) is 85.9 cm³/mol. The maximum absolute atomic E-state index is 12.4. The molecule has 22 heavy (non-hydrogen) atoms. The van der Waals surface area contributed by atoms with Gasteiger partial charge in [-0.1, -0.05) is 6.07 Å². The molecule has 1 saturated heterocycles. The van der Waals surface area contributed by atoms with E-state index in [4.69, 9.17) is 4.74 Å². The number of carbonyl (C=O) groups excluding carboxylic acids is 1. The SMILES string of the molecule is CC(C)(OC(=O)c1cccc([N+](=O)[O-])c1Br)C1CCNCC1. The summed E-state index contributed by atoms with van der Waals surface area (Å²) in [7, 11) is 0. The Bertz CT molecular complexity index is 583. The summed E-state index contributed by atoms with van der Waals surface area (Å²) in [6.07, 6.45) is 1.88. The fraction of sp³-hybridized carbons (Fsp3) is 0.533. The Kier molecular flexibility index (Phi) is 5.18. The van der Waals surface area contributed by atoms with Crippen LogP contribution in [0.1, 0.15) is 37.0 Å². The lowest BCUT2D eigenvalue weighted by Crippen LogP contribution is -2.42. The number of hydrogen-bond donors (Lipinski definition) is 1. The lowest BCUT2D eigenvalue weighted by molar-refractivity contribution is -0.385. The molecular formula is C15H19BrN2O4. The van der Waals surface area contributed by atoms with Gasteiger partial charge < -0.3 is 10.1 Å². The number of carbonyl (C=O) groups is 1. The summed E-state index contributed by atoms with van der Waals surface area (Å²) in [5, 5.41) is 14.2. The Morgan fingerprint density at radius 3 is 2.64 bits per heavy atom. The first kappa shape index (κ1) is 16.9. The van der Waals surface area contributed by atoms with E-state index in [-0.39, 0.29) is 21.6 Å². The number of nitro groups is 1. The van der Waals surface area contributed by atoms with Crippen molar-refractivity contribution in [2.75, 3.05) is 13.1 Å². The van der Waals surface area contributed by atoms with Crippen LogP contribution >= 0.6 is 15.9 Å². The lowest BCUT2D eigenvalue weighted by Gasteiger charge is -2.36. The van der Waals surface area contributed by atoms with E-state index in [2.05, 4.69) is 21.2 Å². The molecule has 120 valence electrons. The fourth-order valence-corrected chi connectivity index (χ4v) is 3.28. The van der Waals surface area contributed by atoms with Crippen LogP contribution in [0.25, 0.3) is 0 Å². The van der Waals surface area contributed by atoms with Crippen molar-refractivity contribution in [1.82, 2.24) is 5.32 Å². The number of ether oxygens (including phenoxy) is 1. The number of halogens is 1. The third kappa shape index (κ3) is 3.64. The molecule has 0 bridgehead atoms. The summed E-state index contributed by atoms with van der Waals surface area (Å²) in [4.78, 5) is 22.8. The first-order chi connectivity index (χ1) is 10.3. The van der Waals surface area contributed by atoms with E-state index in [0.29, 0.717) is 0 Å². The van der Waals surface area contributed by atoms with Crippen molar-refractivity contribution in [2.45, 2.75) is 32.3 Å².